The number of carbonyl (C=O) groups excluding carboxylic acids is 1. The van der Waals surface area contributed by atoms with E-state index in [1.807, 2.05) is 29.2 Å². The number of nitrogens with zero attached hydrogens (tertiary/aromatic N) is 3. The first-order chi connectivity index (χ1) is 12.7. The molecule has 2 aromatic rings. The van der Waals surface area contributed by atoms with E-state index in [1.165, 1.54) is 12.8 Å². The van der Waals surface area contributed by atoms with Gasteiger partial charge in [0.05, 0.1) is 7.11 Å². The summed E-state index contributed by atoms with van der Waals surface area (Å²) in [5.41, 5.74) is 0.862. The predicted molar refractivity (Wildman–Crippen MR) is 95.8 cm³/mol. The maximum atomic E-state index is 12.6. The lowest BCUT2D eigenvalue weighted by atomic mass is 10.2. The number of benzene rings is 1. The first-order valence-corrected chi connectivity index (χ1v) is 9.30. The van der Waals surface area contributed by atoms with Crippen LogP contribution in [0, 0.1) is 0 Å². The number of carbonyl (C=O) groups is 1. The van der Waals surface area contributed by atoms with E-state index in [-0.39, 0.29) is 12.1 Å². The van der Waals surface area contributed by atoms with E-state index >= 15 is 0 Å². The highest BCUT2D eigenvalue weighted by Crippen LogP contribution is 2.32. The zero-order valence-electron chi connectivity index (χ0n) is 15.0. The Hall–Kier alpha value is -2.57. The molecule has 1 aromatic carbocycles. The van der Waals surface area contributed by atoms with Crippen molar-refractivity contribution in [3.63, 3.8) is 0 Å². The molecule has 1 saturated carbocycles. The van der Waals surface area contributed by atoms with E-state index < -0.39 is 0 Å². The van der Waals surface area contributed by atoms with E-state index in [0.29, 0.717) is 17.8 Å². The lowest BCUT2D eigenvalue weighted by molar-refractivity contribution is 0.177. The van der Waals surface area contributed by atoms with Gasteiger partial charge in [-0.05, 0) is 49.9 Å². The van der Waals surface area contributed by atoms with Crippen LogP contribution in [0.25, 0.3) is 11.4 Å². The van der Waals surface area contributed by atoms with Crippen molar-refractivity contribution in [3.05, 3.63) is 30.2 Å². The van der Waals surface area contributed by atoms with Gasteiger partial charge in [0, 0.05) is 18.2 Å². The molecule has 2 fully saturated rings. The summed E-state index contributed by atoms with van der Waals surface area (Å²) in [5.74, 6) is 1.82. The van der Waals surface area contributed by atoms with Crippen LogP contribution in [-0.4, -0.2) is 40.8 Å². The van der Waals surface area contributed by atoms with Crippen LogP contribution in [-0.2, 0) is 0 Å². The van der Waals surface area contributed by atoms with Gasteiger partial charge in [0.1, 0.15) is 11.8 Å². The van der Waals surface area contributed by atoms with Gasteiger partial charge >= 0.3 is 6.03 Å². The first-order valence-electron chi connectivity index (χ1n) is 9.30. The zero-order chi connectivity index (χ0) is 17.9. The second-order valence-electron chi connectivity index (χ2n) is 6.97. The highest BCUT2D eigenvalue weighted by atomic mass is 16.5. The van der Waals surface area contributed by atoms with Gasteiger partial charge in [0.2, 0.25) is 11.7 Å². The Morgan fingerprint density at radius 2 is 1.96 bits per heavy atom. The van der Waals surface area contributed by atoms with Crippen molar-refractivity contribution in [3.8, 4) is 17.1 Å². The molecule has 1 N–H and O–H groups in total. The topological polar surface area (TPSA) is 80.5 Å². The van der Waals surface area contributed by atoms with Crippen molar-refractivity contribution in [1.82, 2.24) is 20.4 Å². The van der Waals surface area contributed by atoms with Gasteiger partial charge in [-0.15, -0.1) is 0 Å². The number of methoxy groups -OCH3 is 1. The van der Waals surface area contributed by atoms with Gasteiger partial charge in [-0.2, -0.15) is 4.98 Å². The number of hydrogen-bond acceptors (Lipinski definition) is 5. The average Bonchev–Trinajstić information content (AvgIpc) is 3.41. The Morgan fingerprint density at radius 3 is 2.69 bits per heavy atom. The molecule has 1 aromatic heterocycles. The minimum absolute atomic E-state index is 0.0106. The normalized spacial score (nSPS) is 20.5. The molecule has 0 radical (unpaired) electrons. The lowest BCUT2D eigenvalue weighted by Crippen LogP contribution is -2.43. The Balaban J connectivity index is 1.47. The van der Waals surface area contributed by atoms with Gasteiger partial charge in [-0.3, -0.25) is 0 Å². The van der Waals surface area contributed by atoms with E-state index in [2.05, 4.69) is 15.5 Å². The quantitative estimate of drug-likeness (QED) is 0.906. The van der Waals surface area contributed by atoms with Crippen molar-refractivity contribution in [2.45, 2.75) is 50.6 Å². The fourth-order valence-corrected chi connectivity index (χ4v) is 3.82. The SMILES string of the molecule is COc1ccc(-c2noc([C@H]3CCCN3C(=O)NC3CCCC3)n2)cc1. The van der Waals surface area contributed by atoms with Gasteiger partial charge in [0.25, 0.3) is 0 Å². The van der Waals surface area contributed by atoms with E-state index in [1.54, 1.807) is 7.11 Å². The Morgan fingerprint density at radius 1 is 1.19 bits per heavy atom. The molecule has 7 nitrogen and oxygen atoms in total. The van der Waals surface area contributed by atoms with Crippen molar-refractivity contribution in [1.29, 1.82) is 0 Å². The third-order valence-corrected chi connectivity index (χ3v) is 5.27. The third-order valence-electron chi connectivity index (χ3n) is 5.27. The summed E-state index contributed by atoms with van der Waals surface area (Å²) >= 11 is 0. The molecule has 0 spiro atoms. The van der Waals surface area contributed by atoms with Crippen molar-refractivity contribution >= 4 is 6.03 Å². The Kier molecular flexibility index (Phi) is 4.77. The molecule has 0 unspecified atom stereocenters. The average molecular weight is 356 g/mol. The monoisotopic (exact) mass is 356 g/mol. The minimum atomic E-state index is -0.143. The molecule has 2 heterocycles. The number of likely N-dealkylation sites (tertiary alicyclic amines) is 1. The van der Waals surface area contributed by atoms with Gasteiger partial charge in [-0.25, -0.2) is 4.79 Å². The number of ether oxygens (including phenoxy) is 1. The largest absolute Gasteiger partial charge is 0.497 e. The molecule has 138 valence electrons. The summed E-state index contributed by atoms with van der Waals surface area (Å²) in [6.07, 6.45) is 6.34. The first kappa shape index (κ1) is 16.9. The summed E-state index contributed by atoms with van der Waals surface area (Å²) in [5, 5.41) is 7.25. The highest BCUT2D eigenvalue weighted by molar-refractivity contribution is 5.75. The summed E-state index contributed by atoms with van der Waals surface area (Å²) < 4.78 is 10.7. The molecule has 4 rings (SSSR count). The Labute approximate surface area is 152 Å². The number of urea groups is 1. The van der Waals surface area contributed by atoms with E-state index in [0.717, 1.165) is 43.5 Å². The second kappa shape index (κ2) is 7.35. The molecule has 2 aliphatic rings. The second-order valence-corrected chi connectivity index (χ2v) is 6.97. The maximum Gasteiger partial charge on any atom is 0.318 e. The number of rotatable bonds is 4. The number of nitrogens with one attached hydrogen (secondary N) is 1. The van der Waals surface area contributed by atoms with Crippen LogP contribution in [0.2, 0.25) is 0 Å². The molecule has 0 bridgehead atoms. The van der Waals surface area contributed by atoms with Gasteiger partial charge in [0.15, 0.2) is 0 Å². The fraction of sp³-hybridized carbons (Fsp3) is 0.526. The van der Waals surface area contributed by atoms with Gasteiger partial charge in [-0.1, -0.05) is 18.0 Å². The van der Waals surface area contributed by atoms with E-state index in [4.69, 9.17) is 9.26 Å². The van der Waals surface area contributed by atoms with Crippen molar-refractivity contribution in [2.24, 2.45) is 0 Å². The smallest absolute Gasteiger partial charge is 0.318 e. The summed E-state index contributed by atoms with van der Waals surface area (Å²) in [6, 6.07) is 7.67. The molecule has 1 atom stereocenters. The number of hydrogen-bond donors (Lipinski definition) is 1. The third kappa shape index (κ3) is 3.38. The molecule has 2 amide bonds. The van der Waals surface area contributed by atoms with Crippen LogP contribution in [0.15, 0.2) is 28.8 Å². The summed E-state index contributed by atoms with van der Waals surface area (Å²) in [4.78, 5) is 19.0. The fourth-order valence-electron chi connectivity index (χ4n) is 3.82. The lowest BCUT2D eigenvalue weighted by Gasteiger charge is -2.24. The number of amides is 2. The maximum absolute atomic E-state index is 12.6. The van der Waals surface area contributed by atoms with Crippen LogP contribution >= 0.6 is 0 Å². The van der Waals surface area contributed by atoms with Gasteiger partial charge < -0.3 is 19.5 Å². The standard InChI is InChI=1S/C19H24N4O3/c1-25-15-10-8-13(9-11-15)17-21-18(26-22-17)16-7-4-12-23(16)19(24)20-14-5-2-3-6-14/h8-11,14,16H,2-7,12H2,1H3,(H,20,24)/t16-/m1/s1. The number of aromatic nitrogens is 2. The molecular weight excluding hydrogens is 332 g/mol. The van der Waals surface area contributed by atoms with Crippen molar-refractivity contribution < 1.29 is 14.1 Å². The molecule has 26 heavy (non-hydrogen) atoms. The highest BCUT2D eigenvalue weighted by Gasteiger charge is 2.35. The predicted octanol–water partition coefficient (Wildman–Crippen LogP) is 3.53. The Bertz CT molecular complexity index is 752. The van der Waals surface area contributed by atoms with Crippen LogP contribution in [0.1, 0.15) is 50.5 Å². The molecule has 1 aliphatic carbocycles. The molecule has 1 aliphatic heterocycles. The minimum Gasteiger partial charge on any atom is -0.497 e. The molecule has 7 heteroatoms. The summed E-state index contributed by atoms with van der Waals surface area (Å²) in [7, 11) is 1.63. The summed E-state index contributed by atoms with van der Waals surface area (Å²) in [6.45, 7) is 0.726. The van der Waals surface area contributed by atoms with Crippen LogP contribution in [0.4, 0.5) is 4.79 Å². The molecule has 1 saturated heterocycles. The zero-order valence-corrected chi connectivity index (χ0v) is 15.0. The van der Waals surface area contributed by atoms with E-state index in [9.17, 15) is 4.79 Å². The molecular formula is C19H24N4O3. The van der Waals surface area contributed by atoms with Crippen molar-refractivity contribution in [2.75, 3.05) is 13.7 Å². The van der Waals surface area contributed by atoms with Crippen LogP contribution in [0.5, 0.6) is 5.75 Å². The van der Waals surface area contributed by atoms with Crippen LogP contribution in [0.3, 0.4) is 0 Å². The van der Waals surface area contributed by atoms with Crippen LogP contribution < -0.4 is 10.1 Å².